The van der Waals surface area contributed by atoms with Crippen molar-refractivity contribution in [1.29, 1.82) is 0 Å². The summed E-state index contributed by atoms with van der Waals surface area (Å²) in [6.07, 6.45) is 4.06. The summed E-state index contributed by atoms with van der Waals surface area (Å²) in [5.74, 6) is 0.197. The van der Waals surface area contributed by atoms with Gasteiger partial charge in [0.25, 0.3) is 0 Å². The number of amides is 2. The van der Waals surface area contributed by atoms with E-state index in [1.54, 1.807) is 27.7 Å². The Labute approximate surface area is 141 Å². The molecule has 2 heterocycles. The Bertz CT molecular complexity index is 684. The lowest BCUT2D eigenvalue weighted by Gasteiger charge is -2.22. The predicted octanol–water partition coefficient (Wildman–Crippen LogP) is 1.36. The highest BCUT2D eigenvalue weighted by Crippen LogP contribution is 2.27. The third-order valence-corrected chi connectivity index (χ3v) is 4.46. The number of rotatable bonds is 6. The molecule has 6 heteroatoms. The van der Waals surface area contributed by atoms with Crippen molar-refractivity contribution >= 4 is 11.8 Å². The van der Waals surface area contributed by atoms with Crippen molar-refractivity contribution < 1.29 is 9.59 Å². The van der Waals surface area contributed by atoms with Crippen LogP contribution in [-0.4, -0.2) is 58.1 Å². The van der Waals surface area contributed by atoms with Crippen LogP contribution in [0.5, 0.6) is 0 Å². The average Bonchev–Trinajstić information content (AvgIpc) is 3.24. The van der Waals surface area contributed by atoms with E-state index < -0.39 is 0 Å². The van der Waals surface area contributed by atoms with Crippen LogP contribution in [0, 0.1) is 0 Å². The van der Waals surface area contributed by atoms with Crippen molar-refractivity contribution in [2.45, 2.75) is 18.9 Å². The van der Waals surface area contributed by atoms with Gasteiger partial charge in [-0.05, 0) is 11.6 Å². The summed E-state index contributed by atoms with van der Waals surface area (Å²) in [5.41, 5.74) is 1.16. The van der Waals surface area contributed by atoms with Crippen molar-refractivity contribution in [3.63, 3.8) is 0 Å². The quantitative estimate of drug-likeness (QED) is 0.805. The molecule has 2 aromatic rings. The van der Waals surface area contributed by atoms with Crippen molar-refractivity contribution in [3.8, 4) is 0 Å². The highest BCUT2D eigenvalue weighted by Gasteiger charge is 2.32. The Morgan fingerprint density at radius 2 is 2.08 bits per heavy atom. The zero-order valence-corrected chi connectivity index (χ0v) is 13.8. The van der Waals surface area contributed by atoms with Gasteiger partial charge in [-0.1, -0.05) is 30.3 Å². The SMILES string of the molecule is CN(CCn1cccn1)C(=O)CN1C[C@H](c2ccccc2)CC1=O. The number of likely N-dealkylation sites (N-methyl/N-ethyl adjacent to an activating group) is 1. The van der Waals surface area contributed by atoms with Crippen LogP contribution in [-0.2, 0) is 16.1 Å². The van der Waals surface area contributed by atoms with E-state index in [0.717, 1.165) is 5.56 Å². The minimum Gasteiger partial charge on any atom is -0.342 e. The molecule has 1 aromatic heterocycles. The predicted molar refractivity (Wildman–Crippen MR) is 90.2 cm³/mol. The van der Waals surface area contributed by atoms with E-state index in [-0.39, 0.29) is 24.3 Å². The molecule has 3 rings (SSSR count). The maximum absolute atomic E-state index is 12.3. The van der Waals surface area contributed by atoms with Crippen LogP contribution in [0.1, 0.15) is 17.9 Å². The average molecular weight is 326 g/mol. The van der Waals surface area contributed by atoms with Gasteiger partial charge in [-0.25, -0.2) is 0 Å². The molecule has 0 saturated carbocycles. The highest BCUT2D eigenvalue weighted by atomic mass is 16.2. The van der Waals surface area contributed by atoms with Crippen LogP contribution in [0.2, 0.25) is 0 Å². The number of nitrogens with zero attached hydrogens (tertiary/aromatic N) is 4. The zero-order valence-electron chi connectivity index (χ0n) is 13.8. The fourth-order valence-corrected chi connectivity index (χ4v) is 2.97. The summed E-state index contributed by atoms with van der Waals surface area (Å²) in [7, 11) is 1.76. The molecule has 1 aliphatic heterocycles. The molecule has 6 nitrogen and oxygen atoms in total. The van der Waals surface area contributed by atoms with E-state index in [9.17, 15) is 9.59 Å². The molecule has 0 aliphatic carbocycles. The smallest absolute Gasteiger partial charge is 0.241 e. The first kappa shape index (κ1) is 16.2. The molecule has 0 unspecified atom stereocenters. The fraction of sp³-hybridized carbons (Fsp3) is 0.389. The van der Waals surface area contributed by atoms with Gasteiger partial charge in [-0.15, -0.1) is 0 Å². The Balaban J connectivity index is 1.51. The molecule has 126 valence electrons. The third kappa shape index (κ3) is 3.82. The Morgan fingerprint density at radius 1 is 1.29 bits per heavy atom. The summed E-state index contributed by atoms with van der Waals surface area (Å²) in [4.78, 5) is 27.9. The largest absolute Gasteiger partial charge is 0.342 e. The van der Waals surface area contributed by atoms with Crippen molar-refractivity contribution in [1.82, 2.24) is 19.6 Å². The molecule has 24 heavy (non-hydrogen) atoms. The van der Waals surface area contributed by atoms with Crippen LogP contribution in [0.4, 0.5) is 0 Å². The topological polar surface area (TPSA) is 58.4 Å². The first-order chi connectivity index (χ1) is 11.6. The second-order valence-electron chi connectivity index (χ2n) is 6.17. The van der Waals surface area contributed by atoms with Crippen LogP contribution < -0.4 is 0 Å². The van der Waals surface area contributed by atoms with Crippen LogP contribution in [0.15, 0.2) is 48.8 Å². The standard InChI is InChI=1S/C18H22N4O2/c1-20(10-11-22-9-5-8-19-22)18(24)14-21-13-16(12-17(21)23)15-6-3-2-4-7-15/h2-9,16H,10-14H2,1H3/t16-/m1/s1. The maximum atomic E-state index is 12.3. The van der Waals surface area contributed by atoms with Crippen molar-refractivity contribution in [3.05, 3.63) is 54.4 Å². The molecule has 1 aliphatic rings. The van der Waals surface area contributed by atoms with Gasteiger partial charge in [0.2, 0.25) is 11.8 Å². The molecule has 2 amide bonds. The summed E-state index contributed by atoms with van der Waals surface area (Å²) in [6, 6.07) is 11.9. The van der Waals surface area contributed by atoms with E-state index in [1.165, 1.54) is 0 Å². The molecular formula is C18H22N4O2. The number of benzene rings is 1. The van der Waals surface area contributed by atoms with E-state index in [2.05, 4.69) is 5.10 Å². The van der Waals surface area contributed by atoms with Gasteiger partial charge in [-0.3, -0.25) is 14.3 Å². The molecule has 1 aromatic carbocycles. The Morgan fingerprint density at radius 3 is 2.79 bits per heavy atom. The molecule has 0 bridgehead atoms. The fourth-order valence-electron chi connectivity index (χ4n) is 2.97. The molecule has 1 atom stereocenters. The lowest BCUT2D eigenvalue weighted by Crippen LogP contribution is -2.40. The van der Waals surface area contributed by atoms with Gasteiger partial charge < -0.3 is 9.80 Å². The first-order valence-electron chi connectivity index (χ1n) is 8.17. The van der Waals surface area contributed by atoms with Gasteiger partial charge in [0, 0.05) is 44.9 Å². The number of likely N-dealkylation sites (tertiary alicyclic amines) is 1. The summed E-state index contributed by atoms with van der Waals surface area (Å²) in [5, 5.41) is 4.12. The normalized spacial score (nSPS) is 17.3. The Hall–Kier alpha value is -2.63. The number of carbonyl (C=O) groups excluding carboxylic acids is 2. The molecule has 0 spiro atoms. The number of hydrogen-bond acceptors (Lipinski definition) is 3. The van der Waals surface area contributed by atoms with E-state index >= 15 is 0 Å². The minimum atomic E-state index is -0.0378. The molecule has 1 saturated heterocycles. The van der Waals surface area contributed by atoms with Gasteiger partial charge in [0.05, 0.1) is 13.1 Å². The molecular weight excluding hydrogens is 304 g/mol. The third-order valence-electron chi connectivity index (χ3n) is 4.46. The number of carbonyl (C=O) groups is 2. The lowest BCUT2D eigenvalue weighted by molar-refractivity contribution is -0.137. The number of hydrogen-bond donors (Lipinski definition) is 0. The maximum Gasteiger partial charge on any atom is 0.241 e. The van der Waals surface area contributed by atoms with Crippen molar-refractivity contribution in [2.24, 2.45) is 0 Å². The van der Waals surface area contributed by atoms with Crippen molar-refractivity contribution in [2.75, 3.05) is 26.7 Å². The summed E-state index contributed by atoms with van der Waals surface area (Å²) in [6.45, 7) is 1.99. The summed E-state index contributed by atoms with van der Waals surface area (Å²) >= 11 is 0. The van der Waals surface area contributed by atoms with Gasteiger partial charge in [-0.2, -0.15) is 5.10 Å². The van der Waals surface area contributed by atoms with E-state index in [4.69, 9.17) is 0 Å². The van der Waals surface area contributed by atoms with E-state index in [0.29, 0.717) is 26.1 Å². The number of aromatic nitrogens is 2. The lowest BCUT2D eigenvalue weighted by atomic mass is 9.99. The monoisotopic (exact) mass is 326 g/mol. The van der Waals surface area contributed by atoms with E-state index in [1.807, 2.05) is 42.6 Å². The summed E-state index contributed by atoms with van der Waals surface area (Å²) < 4.78 is 1.79. The first-order valence-corrected chi connectivity index (χ1v) is 8.17. The molecule has 0 N–H and O–H groups in total. The van der Waals surface area contributed by atoms with Gasteiger partial charge >= 0.3 is 0 Å². The second-order valence-corrected chi connectivity index (χ2v) is 6.17. The van der Waals surface area contributed by atoms with Crippen LogP contribution in [0.3, 0.4) is 0 Å². The van der Waals surface area contributed by atoms with Crippen LogP contribution in [0.25, 0.3) is 0 Å². The molecule has 1 fully saturated rings. The van der Waals surface area contributed by atoms with Gasteiger partial charge in [0.15, 0.2) is 0 Å². The molecule has 0 radical (unpaired) electrons. The van der Waals surface area contributed by atoms with Crippen LogP contribution >= 0.6 is 0 Å². The second kappa shape index (κ2) is 7.29. The Kier molecular flexibility index (Phi) is 4.93. The zero-order chi connectivity index (χ0) is 16.9. The minimum absolute atomic E-state index is 0.0378. The highest BCUT2D eigenvalue weighted by molar-refractivity contribution is 5.86. The van der Waals surface area contributed by atoms with Gasteiger partial charge in [0.1, 0.15) is 0 Å².